The molecule has 9 heteroatoms. The Balaban J connectivity index is 1.44. The van der Waals surface area contributed by atoms with Crippen molar-refractivity contribution >= 4 is 17.5 Å². The van der Waals surface area contributed by atoms with Gasteiger partial charge in [0.1, 0.15) is 22.8 Å². The summed E-state index contributed by atoms with van der Waals surface area (Å²) in [6.07, 6.45) is 1.45. The maximum Gasteiger partial charge on any atom is 0.257 e. The Morgan fingerprint density at radius 2 is 1.97 bits per heavy atom. The lowest BCUT2D eigenvalue weighted by atomic mass is 9.74. The minimum atomic E-state index is -0.578. The highest BCUT2D eigenvalue weighted by Gasteiger charge is 2.37. The molecular weight excluding hydrogens is 451 g/mol. The van der Waals surface area contributed by atoms with Crippen LogP contribution in [-0.2, 0) is 10.2 Å². The third-order valence-corrected chi connectivity index (χ3v) is 6.63. The van der Waals surface area contributed by atoms with Crippen molar-refractivity contribution in [3.05, 3.63) is 64.1 Å². The maximum atomic E-state index is 14.5. The molecule has 0 bridgehead atoms. The lowest BCUT2D eigenvalue weighted by molar-refractivity contribution is 0.0486. The predicted octanol–water partition coefficient (Wildman–Crippen LogP) is 4.65. The van der Waals surface area contributed by atoms with Gasteiger partial charge in [-0.1, -0.05) is 28.9 Å². The predicted molar refractivity (Wildman–Crippen MR) is 118 cm³/mol. The van der Waals surface area contributed by atoms with E-state index in [1.54, 1.807) is 13.0 Å². The first-order valence-electron chi connectivity index (χ1n) is 10.7. The average molecular weight is 473 g/mol. The van der Waals surface area contributed by atoms with Gasteiger partial charge < -0.3 is 24.1 Å². The number of aromatic nitrogens is 1. The third-order valence-electron chi connectivity index (χ3n) is 6.31. The molecule has 1 aromatic heterocycles. The summed E-state index contributed by atoms with van der Waals surface area (Å²) in [7, 11) is 0. The number of carbonyl (C=O) groups excluding carboxylic acids is 1. The van der Waals surface area contributed by atoms with Gasteiger partial charge in [-0.25, -0.2) is 4.39 Å². The van der Waals surface area contributed by atoms with Crippen LogP contribution in [0.15, 0.2) is 40.9 Å². The molecule has 0 saturated carbocycles. The molecule has 1 amide bonds. The standard InChI is InChI=1S/C24H22ClFN2O5/c1-14-20(22(28-33-14)21-16(25)3-2-4-17(21)26)23(29)27-12-24(7-9-30-10-8-24)15-5-6-18-19(11-15)32-13-31-18/h2-6,11H,7-10,12-13H2,1H3,(H,27,29). The summed E-state index contributed by atoms with van der Waals surface area (Å²) < 4.78 is 36.3. The van der Waals surface area contributed by atoms with E-state index in [1.165, 1.54) is 12.1 Å². The fraction of sp³-hybridized carbons (Fsp3) is 0.333. The zero-order valence-electron chi connectivity index (χ0n) is 18.0. The zero-order valence-corrected chi connectivity index (χ0v) is 18.7. The number of ether oxygens (including phenoxy) is 3. The lowest BCUT2D eigenvalue weighted by Gasteiger charge is -2.38. The van der Waals surface area contributed by atoms with Crippen LogP contribution in [0.1, 0.15) is 34.5 Å². The number of amides is 1. The fourth-order valence-corrected chi connectivity index (χ4v) is 4.68. The van der Waals surface area contributed by atoms with E-state index in [2.05, 4.69) is 10.5 Å². The molecule has 3 heterocycles. The van der Waals surface area contributed by atoms with E-state index in [4.69, 9.17) is 30.3 Å². The van der Waals surface area contributed by atoms with Crippen LogP contribution >= 0.6 is 11.6 Å². The Morgan fingerprint density at radius 1 is 1.18 bits per heavy atom. The van der Waals surface area contributed by atoms with Crippen LogP contribution in [0.2, 0.25) is 5.02 Å². The van der Waals surface area contributed by atoms with Crippen molar-refractivity contribution in [3.63, 3.8) is 0 Å². The number of aryl methyl sites for hydroxylation is 1. The topological polar surface area (TPSA) is 82.8 Å². The molecule has 2 aromatic carbocycles. The number of benzene rings is 2. The Labute approximate surface area is 194 Å². The largest absolute Gasteiger partial charge is 0.454 e. The molecule has 172 valence electrons. The van der Waals surface area contributed by atoms with Crippen LogP contribution in [0, 0.1) is 12.7 Å². The quantitative estimate of drug-likeness (QED) is 0.582. The van der Waals surface area contributed by atoms with E-state index in [1.807, 2.05) is 18.2 Å². The highest BCUT2D eigenvalue weighted by molar-refractivity contribution is 6.33. The number of hydrogen-bond acceptors (Lipinski definition) is 6. The molecule has 1 N–H and O–H groups in total. The molecule has 0 aliphatic carbocycles. The van der Waals surface area contributed by atoms with Crippen LogP contribution in [0.5, 0.6) is 11.5 Å². The summed E-state index contributed by atoms with van der Waals surface area (Å²) in [6.45, 7) is 3.31. The Hall–Kier alpha value is -3.10. The van der Waals surface area contributed by atoms with Crippen molar-refractivity contribution in [2.75, 3.05) is 26.6 Å². The maximum absolute atomic E-state index is 14.5. The SMILES string of the molecule is Cc1onc(-c2c(F)cccc2Cl)c1C(=O)NCC1(c2ccc3c(c2)OCO3)CCOCC1. The first kappa shape index (κ1) is 21.7. The van der Waals surface area contributed by atoms with E-state index in [-0.39, 0.29) is 39.8 Å². The minimum Gasteiger partial charge on any atom is -0.454 e. The highest BCUT2D eigenvalue weighted by atomic mass is 35.5. The van der Waals surface area contributed by atoms with Gasteiger partial charge in [-0.3, -0.25) is 4.79 Å². The second kappa shape index (κ2) is 8.68. The fourth-order valence-electron chi connectivity index (χ4n) is 4.43. The second-order valence-electron chi connectivity index (χ2n) is 8.20. The molecule has 1 saturated heterocycles. The second-order valence-corrected chi connectivity index (χ2v) is 8.61. The normalized spacial score (nSPS) is 16.6. The van der Waals surface area contributed by atoms with E-state index in [0.29, 0.717) is 31.3 Å². The van der Waals surface area contributed by atoms with Gasteiger partial charge in [0.05, 0.1) is 10.6 Å². The Morgan fingerprint density at radius 3 is 2.76 bits per heavy atom. The van der Waals surface area contributed by atoms with Gasteiger partial charge in [0.25, 0.3) is 5.91 Å². The van der Waals surface area contributed by atoms with Crippen molar-refractivity contribution < 1.29 is 27.9 Å². The van der Waals surface area contributed by atoms with E-state index < -0.39 is 11.7 Å². The van der Waals surface area contributed by atoms with Crippen LogP contribution in [0.4, 0.5) is 4.39 Å². The molecule has 2 aliphatic rings. The molecule has 5 rings (SSSR count). The smallest absolute Gasteiger partial charge is 0.257 e. The molecule has 7 nitrogen and oxygen atoms in total. The zero-order chi connectivity index (χ0) is 23.0. The third kappa shape index (κ3) is 3.94. The van der Waals surface area contributed by atoms with Crippen LogP contribution < -0.4 is 14.8 Å². The van der Waals surface area contributed by atoms with Gasteiger partial charge in [0, 0.05) is 25.2 Å². The lowest BCUT2D eigenvalue weighted by Crippen LogP contribution is -2.44. The van der Waals surface area contributed by atoms with E-state index >= 15 is 0 Å². The molecule has 0 unspecified atom stereocenters. The summed E-state index contributed by atoms with van der Waals surface area (Å²) in [5, 5.41) is 7.10. The molecule has 33 heavy (non-hydrogen) atoms. The van der Waals surface area contributed by atoms with Gasteiger partial charge in [0.2, 0.25) is 6.79 Å². The van der Waals surface area contributed by atoms with Crippen LogP contribution in [-0.4, -0.2) is 37.6 Å². The summed E-state index contributed by atoms with van der Waals surface area (Å²) in [6, 6.07) is 10.2. The Bertz CT molecular complexity index is 1190. The van der Waals surface area contributed by atoms with Gasteiger partial charge in [-0.2, -0.15) is 0 Å². The summed E-state index contributed by atoms with van der Waals surface area (Å²) in [4.78, 5) is 13.3. The van der Waals surface area contributed by atoms with Crippen LogP contribution in [0.3, 0.4) is 0 Å². The molecule has 0 spiro atoms. The van der Waals surface area contributed by atoms with Crippen molar-refractivity contribution in [2.24, 2.45) is 0 Å². The van der Waals surface area contributed by atoms with Crippen molar-refractivity contribution in [1.29, 1.82) is 0 Å². The monoisotopic (exact) mass is 472 g/mol. The van der Waals surface area contributed by atoms with Crippen molar-refractivity contribution in [3.8, 4) is 22.8 Å². The number of nitrogens with one attached hydrogen (secondary N) is 1. The number of carbonyl (C=O) groups is 1. The molecule has 0 atom stereocenters. The molecular formula is C24H22ClFN2O5. The summed E-state index contributed by atoms with van der Waals surface area (Å²) >= 11 is 6.21. The number of fused-ring (bicyclic) bond motifs is 1. The molecule has 1 fully saturated rings. The van der Waals surface area contributed by atoms with Crippen LogP contribution in [0.25, 0.3) is 11.3 Å². The highest BCUT2D eigenvalue weighted by Crippen LogP contribution is 2.41. The summed E-state index contributed by atoms with van der Waals surface area (Å²) in [5.74, 6) is 0.694. The van der Waals surface area contributed by atoms with Crippen molar-refractivity contribution in [2.45, 2.75) is 25.2 Å². The van der Waals surface area contributed by atoms with Crippen molar-refractivity contribution in [1.82, 2.24) is 10.5 Å². The average Bonchev–Trinajstić information content (AvgIpc) is 3.44. The van der Waals surface area contributed by atoms with Gasteiger partial charge in [-0.05, 0) is 49.6 Å². The number of hydrogen-bond donors (Lipinski definition) is 1. The molecule has 2 aliphatic heterocycles. The van der Waals surface area contributed by atoms with Gasteiger partial charge >= 0.3 is 0 Å². The number of rotatable bonds is 5. The van der Waals surface area contributed by atoms with E-state index in [9.17, 15) is 9.18 Å². The first-order chi connectivity index (χ1) is 16.0. The first-order valence-corrected chi connectivity index (χ1v) is 11.0. The Kier molecular flexibility index (Phi) is 5.72. The van der Waals surface area contributed by atoms with Gasteiger partial charge in [0.15, 0.2) is 11.5 Å². The molecule has 3 aromatic rings. The number of halogens is 2. The minimum absolute atomic E-state index is 0.0396. The van der Waals surface area contributed by atoms with E-state index in [0.717, 1.165) is 18.4 Å². The molecule has 0 radical (unpaired) electrons. The number of nitrogens with zero attached hydrogens (tertiary/aromatic N) is 1. The summed E-state index contributed by atoms with van der Waals surface area (Å²) in [5.41, 5.74) is 0.968. The van der Waals surface area contributed by atoms with Gasteiger partial charge in [-0.15, -0.1) is 0 Å².